The van der Waals surface area contributed by atoms with Gasteiger partial charge in [0.2, 0.25) is 0 Å². The minimum atomic E-state index is -2.82. The summed E-state index contributed by atoms with van der Waals surface area (Å²) < 4.78 is 28.8. The highest BCUT2D eigenvalue weighted by molar-refractivity contribution is 7.91. The largest absolute Gasteiger partial charge is 0.496 e. The van der Waals surface area contributed by atoms with Crippen molar-refractivity contribution in [2.45, 2.75) is 32.2 Å². The third-order valence-corrected chi connectivity index (χ3v) is 5.89. The Morgan fingerprint density at radius 3 is 2.76 bits per heavy atom. The SMILES string of the molecule is CCCNC(CC1CCS(=O)(=O)C1)c1ccccc1OC. The van der Waals surface area contributed by atoms with Crippen LogP contribution in [0, 0.1) is 5.92 Å². The maximum absolute atomic E-state index is 11.7. The predicted octanol–water partition coefficient (Wildman–Crippen LogP) is 2.56. The Labute approximate surface area is 127 Å². The molecule has 0 bridgehead atoms. The summed E-state index contributed by atoms with van der Waals surface area (Å²) in [5, 5.41) is 3.54. The molecule has 1 saturated heterocycles. The van der Waals surface area contributed by atoms with E-state index in [2.05, 4.69) is 18.3 Å². The monoisotopic (exact) mass is 311 g/mol. The summed E-state index contributed by atoms with van der Waals surface area (Å²) >= 11 is 0. The highest BCUT2D eigenvalue weighted by Crippen LogP contribution is 2.33. The molecular weight excluding hydrogens is 286 g/mol. The van der Waals surface area contributed by atoms with Crippen molar-refractivity contribution in [3.05, 3.63) is 29.8 Å². The zero-order valence-electron chi connectivity index (χ0n) is 12.8. The predicted molar refractivity (Wildman–Crippen MR) is 85.4 cm³/mol. The molecule has 1 aromatic rings. The lowest BCUT2D eigenvalue weighted by atomic mass is 9.93. The highest BCUT2D eigenvalue weighted by atomic mass is 32.2. The average Bonchev–Trinajstić information content (AvgIpc) is 2.82. The maximum Gasteiger partial charge on any atom is 0.150 e. The molecular formula is C16H25NO3S. The van der Waals surface area contributed by atoms with Crippen LogP contribution in [-0.4, -0.2) is 33.6 Å². The molecule has 5 heteroatoms. The standard InChI is InChI=1S/C16H25NO3S/c1-3-9-17-15(11-13-8-10-21(18,19)12-13)14-6-4-5-7-16(14)20-2/h4-7,13,15,17H,3,8-12H2,1-2H3. The van der Waals surface area contributed by atoms with Crippen LogP contribution in [0.5, 0.6) is 5.75 Å². The molecule has 0 aromatic heterocycles. The van der Waals surface area contributed by atoms with Crippen LogP contribution in [0.2, 0.25) is 0 Å². The van der Waals surface area contributed by atoms with Gasteiger partial charge < -0.3 is 10.1 Å². The zero-order valence-corrected chi connectivity index (χ0v) is 13.7. The molecule has 1 heterocycles. The average molecular weight is 311 g/mol. The van der Waals surface area contributed by atoms with Gasteiger partial charge in [0.1, 0.15) is 5.75 Å². The molecule has 1 aliphatic heterocycles. The maximum atomic E-state index is 11.7. The quantitative estimate of drug-likeness (QED) is 0.841. The van der Waals surface area contributed by atoms with Gasteiger partial charge in [-0.1, -0.05) is 25.1 Å². The first-order chi connectivity index (χ1) is 10.1. The normalized spacial score (nSPS) is 22.1. The number of sulfone groups is 1. The van der Waals surface area contributed by atoms with Gasteiger partial charge in [0, 0.05) is 11.6 Å². The third kappa shape index (κ3) is 4.45. The lowest BCUT2D eigenvalue weighted by molar-refractivity contribution is 0.376. The lowest BCUT2D eigenvalue weighted by Gasteiger charge is -2.23. The van der Waals surface area contributed by atoms with Crippen LogP contribution in [0.25, 0.3) is 0 Å². The van der Waals surface area contributed by atoms with E-state index >= 15 is 0 Å². The molecule has 1 aromatic carbocycles. The van der Waals surface area contributed by atoms with E-state index < -0.39 is 9.84 Å². The van der Waals surface area contributed by atoms with Crippen LogP contribution in [0.3, 0.4) is 0 Å². The summed E-state index contributed by atoms with van der Waals surface area (Å²) in [7, 11) is -1.14. The molecule has 2 rings (SSSR count). The van der Waals surface area contributed by atoms with E-state index in [1.807, 2.05) is 18.2 Å². The third-order valence-electron chi connectivity index (χ3n) is 4.05. The number of para-hydroxylation sites is 1. The number of hydrogen-bond acceptors (Lipinski definition) is 4. The molecule has 1 aliphatic rings. The summed E-state index contributed by atoms with van der Waals surface area (Å²) in [6, 6.07) is 8.14. The molecule has 0 aliphatic carbocycles. The first-order valence-corrected chi connectivity index (χ1v) is 9.44. The fourth-order valence-corrected chi connectivity index (χ4v) is 4.86. The van der Waals surface area contributed by atoms with Crippen molar-refractivity contribution in [2.24, 2.45) is 5.92 Å². The van der Waals surface area contributed by atoms with Crippen LogP contribution in [0.1, 0.15) is 37.8 Å². The first kappa shape index (κ1) is 16.3. The Bertz CT molecular complexity index is 556. The van der Waals surface area contributed by atoms with E-state index in [1.165, 1.54) is 0 Å². The minimum absolute atomic E-state index is 0.152. The Morgan fingerprint density at radius 2 is 2.14 bits per heavy atom. The van der Waals surface area contributed by atoms with Gasteiger partial charge in [-0.05, 0) is 37.8 Å². The number of nitrogens with one attached hydrogen (secondary N) is 1. The number of methoxy groups -OCH3 is 1. The number of ether oxygens (including phenoxy) is 1. The molecule has 21 heavy (non-hydrogen) atoms. The van der Waals surface area contributed by atoms with Crippen molar-refractivity contribution in [3.63, 3.8) is 0 Å². The second kappa shape index (κ2) is 7.27. The van der Waals surface area contributed by atoms with Crippen molar-refractivity contribution < 1.29 is 13.2 Å². The van der Waals surface area contributed by atoms with Crippen molar-refractivity contribution in [2.75, 3.05) is 25.2 Å². The van der Waals surface area contributed by atoms with E-state index in [0.29, 0.717) is 11.5 Å². The summed E-state index contributed by atoms with van der Waals surface area (Å²) in [6.07, 6.45) is 2.68. The molecule has 0 radical (unpaired) electrons. The molecule has 4 nitrogen and oxygen atoms in total. The van der Waals surface area contributed by atoms with E-state index in [1.54, 1.807) is 7.11 Å². The van der Waals surface area contributed by atoms with E-state index in [0.717, 1.165) is 37.1 Å². The van der Waals surface area contributed by atoms with E-state index in [-0.39, 0.29) is 12.0 Å². The van der Waals surface area contributed by atoms with Gasteiger partial charge in [0.25, 0.3) is 0 Å². The van der Waals surface area contributed by atoms with Crippen molar-refractivity contribution >= 4 is 9.84 Å². The zero-order chi connectivity index (χ0) is 15.3. The van der Waals surface area contributed by atoms with Crippen LogP contribution < -0.4 is 10.1 Å². The minimum Gasteiger partial charge on any atom is -0.496 e. The number of benzene rings is 1. The Balaban J connectivity index is 2.14. The molecule has 118 valence electrons. The van der Waals surface area contributed by atoms with Gasteiger partial charge in [-0.15, -0.1) is 0 Å². The Hall–Kier alpha value is -1.07. The van der Waals surface area contributed by atoms with Crippen LogP contribution in [0.4, 0.5) is 0 Å². The second-order valence-corrected chi connectivity index (χ2v) is 7.98. The fraction of sp³-hybridized carbons (Fsp3) is 0.625. The molecule has 0 saturated carbocycles. The van der Waals surface area contributed by atoms with Crippen molar-refractivity contribution in [3.8, 4) is 5.75 Å². The van der Waals surface area contributed by atoms with Gasteiger partial charge in [-0.3, -0.25) is 0 Å². The highest BCUT2D eigenvalue weighted by Gasteiger charge is 2.30. The van der Waals surface area contributed by atoms with Crippen molar-refractivity contribution in [1.82, 2.24) is 5.32 Å². The summed E-state index contributed by atoms with van der Waals surface area (Å²) in [5.41, 5.74) is 1.12. The lowest BCUT2D eigenvalue weighted by Crippen LogP contribution is -2.25. The number of rotatable bonds is 7. The Morgan fingerprint density at radius 1 is 1.38 bits per heavy atom. The Kier molecular flexibility index (Phi) is 5.65. The second-order valence-electron chi connectivity index (χ2n) is 5.75. The van der Waals surface area contributed by atoms with Gasteiger partial charge in [-0.25, -0.2) is 8.42 Å². The fourth-order valence-electron chi connectivity index (χ4n) is 2.98. The van der Waals surface area contributed by atoms with Gasteiger partial charge in [0.15, 0.2) is 9.84 Å². The molecule has 2 atom stereocenters. The summed E-state index contributed by atoms with van der Waals surface area (Å²) in [5.74, 6) is 1.78. The first-order valence-electron chi connectivity index (χ1n) is 7.62. The topological polar surface area (TPSA) is 55.4 Å². The summed E-state index contributed by atoms with van der Waals surface area (Å²) in [6.45, 7) is 3.05. The molecule has 0 amide bonds. The number of hydrogen-bond donors (Lipinski definition) is 1. The molecule has 0 spiro atoms. The summed E-state index contributed by atoms with van der Waals surface area (Å²) in [4.78, 5) is 0. The van der Waals surface area contributed by atoms with E-state index in [9.17, 15) is 8.42 Å². The smallest absolute Gasteiger partial charge is 0.150 e. The van der Waals surface area contributed by atoms with Gasteiger partial charge in [0.05, 0.1) is 18.6 Å². The molecule has 2 unspecified atom stereocenters. The van der Waals surface area contributed by atoms with Crippen LogP contribution in [0.15, 0.2) is 24.3 Å². The van der Waals surface area contributed by atoms with E-state index in [4.69, 9.17) is 4.74 Å². The molecule has 1 N–H and O–H groups in total. The van der Waals surface area contributed by atoms with Gasteiger partial charge in [-0.2, -0.15) is 0 Å². The van der Waals surface area contributed by atoms with Crippen LogP contribution in [-0.2, 0) is 9.84 Å². The molecule has 1 fully saturated rings. The van der Waals surface area contributed by atoms with Crippen LogP contribution >= 0.6 is 0 Å². The van der Waals surface area contributed by atoms with Crippen molar-refractivity contribution in [1.29, 1.82) is 0 Å². The van der Waals surface area contributed by atoms with Gasteiger partial charge >= 0.3 is 0 Å².